The standard InChI is InChI=1S/C20H22F3N7OS/c1-20(23)6-8-30(9-7-25-20)19-13(10-26-29(19)2)27-17(31)15-16(24)32-18(28-15)14-11(21)4-3-5-12(14)22/h3-5,10,25H,6-9,24H2,1-2H3,(H,27,31)/t20-/m0/s1. The van der Waals surface area contributed by atoms with E-state index in [-0.39, 0.29) is 27.7 Å². The minimum atomic E-state index is -1.48. The lowest BCUT2D eigenvalue weighted by Gasteiger charge is -2.24. The molecule has 3 aromatic rings. The summed E-state index contributed by atoms with van der Waals surface area (Å²) >= 11 is 0.819. The van der Waals surface area contributed by atoms with Gasteiger partial charge in [-0.15, -0.1) is 0 Å². The number of aromatic nitrogens is 3. The molecule has 12 heteroatoms. The van der Waals surface area contributed by atoms with Crippen LogP contribution in [0.25, 0.3) is 10.6 Å². The molecule has 1 saturated heterocycles. The van der Waals surface area contributed by atoms with Crippen molar-refractivity contribution in [3.63, 3.8) is 0 Å². The van der Waals surface area contributed by atoms with Gasteiger partial charge in [-0.25, -0.2) is 18.2 Å². The number of amides is 1. The number of nitrogens with one attached hydrogen (secondary N) is 2. The maximum Gasteiger partial charge on any atom is 0.277 e. The minimum absolute atomic E-state index is 0.0257. The van der Waals surface area contributed by atoms with Gasteiger partial charge in [0, 0.05) is 33.1 Å². The first-order valence-electron chi connectivity index (χ1n) is 9.89. The molecule has 1 amide bonds. The fourth-order valence-corrected chi connectivity index (χ4v) is 4.47. The second-order valence-corrected chi connectivity index (χ2v) is 8.68. The lowest BCUT2D eigenvalue weighted by atomic mass is 10.2. The van der Waals surface area contributed by atoms with Gasteiger partial charge in [0.2, 0.25) is 0 Å². The van der Waals surface area contributed by atoms with Crippen molar-refractivity contribution in [2.45, 2.75) is 19.1 Å². The smallest absolute Gasteiger partial charge is 0.277 e. The van der Waals surface area contributed by atoms with Gasteiger partial charge in [0.05, 0.1) is 11.8 Å². The van der Waals surface area contributed by atoms with Gasteiger partial charge in [0.25, 0.3) is 5.91 Å². The molecule has 1 aliphatic heterocycles. The highest BCUT2D eigenvalue weighted by Gasteiger charge is 2.29. The van der Waals surface area contributed by atoms with E-state index < -0.39 is 23.3 Å². The molecule has 2 aromatic heterocycles. The molecule has 32 heavy (non-hydrogen) atoms. The van der Waals surface area contributed by atoms with E-state index >= 15 is 0 Å². The summed E-state index contributed by atoms with van der Waals surface area (Å²) < 4.78 is 44.1. The Labute approximate surface area is 186 Å². The zero-order valence-corrected chi connectivity index (χ0v) is 18.3. The van der Waals surface area contributed by atoms with E-state index in [1.807, 2.05) is 4.90 Å². The number of carbonyl (C=O) groups excluding carboxylic acids is 1. The van der Waals surface area contributed by atoms with Crippen LogP contribution in [0.3, 0.4) is 0 Å². The van der Waals surface area contributed by atoms with Crippen molar-refractivity contribution >= 4 is 33.8 Å². The average Bonchev–Trinajstić information content (AvgIpc) is 3.21. The van der Waals surface area contributed by atoms with Crippen LogP contribution in [0.1, 0.15) is 23.8 Å². The number of nitrogens with two attached hydrogens (primary N) is 1. The van der Waals surface area contributed by atoms with Crippen LogP contribution in [0.5, 0.6) is 0 Å². The van der Waals surface area contributed by atoms with Crippen LogP contribution in [0, 0.1) is 11.6 Å². The van der Waals surface area contributed by atoms with Gasteiger partial charge >= 0.3 is 0 Å². The van der Waals surface area contributed by atoms with Gasteiger partial charge in [0.1, 0.15) is 27.3 Å². The third-order valence-electron chi connectivity index (χ3n) is 5.23. The first kappa shape index (κ1) is 22.1. The van der Waals surface area contributed by atoms with Gasteiger partial charge in [-0.2, -0.15) is 5.10 Å². The maximum atomic E-state index is 14.3. The first-order chi connectivity index (χ1) is 15.2. The Bertz CT molecular complexity index is 1140. The highest BCUT2D eigenvalue weighted by molar-refractivity contribution is 7.19. The van der Waals surface area contributed by atoms with E-state index in [4.69, 9.17) is 5.73 Å². The summed E-state index contributed by atoms with van der Waals surface area (Å²) in [7, 11) is 1.72. The predicted molar refractivity (Wildman–Crippen MR) is 117 cm³/mol. The van der Waals surface area contributed by atoms with Crippen LogP contribution in [0.15, 0.2) is 24.4 Å². The molecule has 0 radical (unpaired) electrons. The van der Waals surface area contributed by atoms with E-state index in [0.29, 0.717) is 31.1 Å². The molecule has 1 aliphatic rings. The van der Waals surface area contributed by atoms with Crippen LogP contribution in [0.2, 0.25) is 0 Å². The SMILES string of the molecule is Cn1ncc(NC(=O)c2nc(-c3c(F)cccc3F)sc2N)c1N1CCN[C@](C)(F)CC1. The normalized spacial score (nSPS) is 19.1. The van der Waals surface area contributed by atoms with Crippen LogP contribution in [-0.2, 0) is 7.05 Å². The molecular formula is C20H22F3N7OS. The Hall–Kier alpha value is -3.12. The fraction of sp³-hybridized carbons (Fsp3) is 0.350. The minimum Gasteiger partial charge on any atom is -0.389 e. The van der Waals surface area contributed by atoms with E-state index in [1.165, 1.54) is 19.2 Å². The number of aryl methyl sites for hydroxylation is 1. The van der Waals surface area contributed by atoms with Gasteiger partial charge in [-0.05, 0) is 19.1 Å². The summed E-state index contributed by atoms with van der Waals surface area (Å²) in [6.07, 6.45) is 1.72. The number of hydrogen-bond donors (Lipinski definition) is 3. The van der Waals surface area contributed by atoms with Crippen molar-refractivity contribution in [2.24, 2.45) is 7.05 Å². The van der Waals surface area contributed by atoms with Crippen molar-refractivity contribution in [3.05, 3.63) is 41.7 Å². The first-order valence-corrected chi connectivity index (χ1v) is 10.7. The average molecular weight is 466 g/mol. The van der Waals surface area contributed by atoms with E-state index in [9.17, 15) is 18.0 Å². The largest absolute Gasteiger partial charge is 0.389 e. The number of thiazole rings is 1. The highest BCUT2D eigenvalue weighted by atomic mass is 32.1. The van der Waals surface area contributed by atoms with Crippen LogP contribution in [-0.4, -0.2) is 46.1 Å². The summed E-state index contributed by atoms with van der Waals surface area (Å²) in [5.41, 5.74) is 5.85. The number of halogens is 3. The molecule has 0 aliphatic carbocycles. The molecule has 0 unspecified atom stereocenters. The third kappa shape index (κ3) is 4.28. The summed E-state index contributed by atoms with van der Waals surface area (Å²) in [5.74, 6) is -3.11. The van der Waals surface area contributed by atoms with Crippen molar-refractivity contribution in [1.82, 2.24) is 20.1 Å². The maximum absolute atomic E-state index is 14.3. The molecule has 4 rings (SSSR count). The van der Waals surface area contributed by atoms with Gasteiger partial charge in [-0.3, -0.25) is 14.8 Å². The van der Waals surface area contributed by atoms with Crippen molar-refractivity contribution < 1.29 is 18.0 Å². The Morgan fingerprint density at radius 1 is 1.31 bits per heavy atom. The molecule has 3 heterocycles. The van der Waals surface area contributed by atoms with Crippen LogP contribution >= 0.6 is 11.3 Å². The summed E-state index contributed by atoms with van der Waals surface area (Å²) in [4.78, 5) is 18.9. The number of carbonyl (C=O) groups is 1. The topological polar surface area (TPSA) is 101 Å². The summed E-state index contributed by atoms with van der Waals surface area (Å²) in [6.45, 7) is 2.83. The molecule has 0 spiro atoms. The highest BCUT2D eigenvalue weighted by Crippen LogP contribution is 2.34. The molecule has 1 aromatic carbocycles. The van der Waals surface area contributed by atoms with E-state index in [1.54, 1.807) is 11.7 Å². The molecule has 170 valence electrons. The number of hydrogen-bond acceptors (Lipinski definition) is 7. The molecule has 8 nitrogen and oxygen atoms in total. The molecule has 0 bridgehead atoms. The molecular weight excluding hydrogens is 443 g/mol. The molecule has 0 saturated carbocycles. The lowest BCUT2D eigenvalue weighted by Crippen LogP contribution is -2.37. The fourth-order valence-electron chi connectivity index (χ4n) is 3.59. The molecule has 4 N–H and O–H groups in total. The van der Waals surface area contributed by atoms with Gasteiger partial charge < -0.3 is 16.0 Å². The monoisotopic (exact) mass is 465 g/mol. The Kier molecular flexibility index (Phi) is 5.82. The second kappa shape index (κ2) is 8.43. The number of rotatable bonds is 4. The quantitative estimate of drug-likeness (QED) is 0.512. The van der Waals surface area contributed by atoms with Crippen LogP contribution in [0.4, 0.5) is 29.7 Å². The molecule has 1 fully saturated rings. The Morgan fingerprint density at radius 3 is 2.75 bits per heavy atom. The Morgan fingerprint density at radius 2 is 2.03 bits per heavy atom. The summed E-state index contributed by atoms with van der Waals surface area (Å²) in [6, 6.07) is 3.46. The number of alkyl halides is 1. The third-order valence-corrected chi connectivity index (χ3v) is 6.13. The number of anilines is 3. The molecule has 1 atom stereocenters. The summed E-state index contributed by atoms with van der Waals surface area (Å²) in [5, 5.41) is 9.76. The number of benzene rings is 1. The second-order valence-electron chi connectivity index (χ2n) is 7.65. The Balaban J connectivity index is 1.59. The zero-order chi connectivity index (χ0) is 23.0. The van der Waals surface area contributed by atoms with E-state index in [0.717, 1.165) is 23.5 Å². The van der Waals surface area contributed by atoms with Crippen molar-refractivity contribution in [2.75, 3.05) is 35.6 Å². The van der Waals surface area contributed by atoms with E-state index in [2.05, 4.69) is 20.7 Å². The number of nitrogens with zero attached hydrogens (tertiary/aromatic N) is 4. The van der Waals surface area contributed by atoms with Crippen LogP contribution < -0.4 is 21.3 Å². The van der Waals surface area contributed by atoms with Gasteiger partial charge in [-0.1, -0.05) is 17.4 Å². The van der Waals surface area contributed by atoms with Crippen molar-refractivity contribution in [3.8, 4) is 10.6 Å². The zero-order valence-electron chi connectivity index (χ0n) is 17.5. The lowest BCUT2D eigenvalue weighted by molar-refractivity contribution is 0.102. The van der Waals surface area contributed by atoms with Gasteiger partial charge in [0.15, 0.2) is 17.3 Å². The predicted octanol–water partition coefficient (Wildman–Crippen LogP) is 3.14. The van der Waals surface area contributed by atoms with Crippen molar-refractivity contribution in [1.29, 1.82) is 0 Å². The number of nitrogen functional groups attached to an aromatic ring is 1.